The number of ether oxygens (including phenoxy) is 2. The molecule has 0 aromatic heterocycles. The molecule has 2 aromatic carbocycles. The van der Waals surface area contributed by atoms with Crippen LogP contribution >= 0.6 is 0 Å². The highest BCUT2D eigenvalue weighted by Crippen LogP contribution is 2.22. The first-order valence-electron chi connectivity index (χ1n) is 8.71. The summed E-state index contributed by atoms with van der Waals surface area (Å²) in [4.78, 5) is 12.3. The van der Waals surface area contributed by atoms with Crippen molar-refractivity contribution in [2.45, 2.75) is 40.2 Å². The van der Waals surface area contributed by atoms with Gasteiger partial charge in [0, 0.05) is 0 Å². The fraction of sp³-hybridized carbons (Fsp3) is 0.381. The van der Waals surface area contributed by atoms with Crippen LogP contribution in [0.4, 0.5) is 0 Å². The molecule has 0 radical (unpaired) electrons. The van der Waals surface area contributed by atoms with Crippen LogP contribution in [0.1, 0.15) is 30.0 Å². The molecule has 0 saturated carbocycles. The lowest BCUT2D eigenvalue weighted by Gasteiger charge is -2.19. The molecular weight excluding hydrogens is 314 g/mol. The van der Waals surface area contributed by atoms with E-state index in [2.05, 4.69) is 5.32 Å². The van der Waals surface area contributed by atoms with Crippen LogP contribution in [0.15, 0.2) is 42.5 Å². The van der Waals surface area contributed by atoms with E-state index in [0.29, 0.717) is 19.6 Å². The standard InChI is InChI=1S/C21H27NO3/c1-5-19(25-20-8-6-7-16(3)17(20)4)21(23)22-13-14-24-18-11-9-15(2)10-12-18/h6-12,19H,5,13-14H2,1-4H3,(H,22,23)/t19-/m1/s1. The van der Waals surface area contributed by atoms with Gasteiger partial charge in [-0.3, -0.25) is 4.79 Å². The predicted molar refractivity (Wildman–Crippen MR) is 100 cm³/mol. The molecule has 0 spiro atoms. The maximum absolute atomic E-state index is 12.3. The van der Waals surface area contributed by atoms with Crippen LogP contribution in [0.3, 0.4) is 0 Å². The maximum Gasteiger partial charge on any atom is 0.261 e. The second-order valence-electron chi connectivity index (χ2n) is 6.17. The van der Waals surface area contributed by atoms with Gasteiger partial charge in [0.1, 0.15) is 18.1 Å². The van der Waals surface area contributed by atoms with Gasteiger partial charge in [0.25, 0.3) is 5.91 Å². The number of carbonyl (C=O) groups excluding carboxylic acids is 1. The zero-order chi connectivity index (χ0) is 18.2. The molecule has 25 heavy (non-hydrogen) atoms. The number of benzene rings is 2. The minimum atomic E-state index is -0.500. The van der Waals surface area contributed by atoms with Crippen molar-refractivity contribution in [3.63, 3.8) is 0 Å². The molecule has 0 heterocycles. The van der Waals surface area contributed by atoms with Crippen molar-refractivity contribution in [1.82, 2.24) is 5.32 Å². The van der Waals surface area contributed by atoms with Crippen LogP contribution in [0.5, 0.6) is 11.5 Å². The summed E-state index contributed by atoms with van der Waals surface area (Å²) in [6.07, 6.45) is 0.109. The zero-order valence-corrected chi connectivity index (χ0v) is 15.5. The molecule has 0 fully saturated rings. The van der Waals surface area contributed by atoms with E-state index in [9.17, 15) is 4.79 Å². The smallest absolute Gasteiger partial charge is 0.261 e. The average Bonchev–Trinajstić information content (AvgIpc) is 2.61. The minimum Gasteiger partial charge on any atom is -0.492 e. The highest BCUT2D eigenvalue weighted by Gasteiger charge is 2.19. The van der Waals surface area contributed by atoms with Crippen LogP contribution in [-0.4, -0.2) is 25.2 Å². The molecule has 0 saturated heterocycles. The minimum absolute atomic E-state index is 0.115. The number of rotatable bonds is 8. The monoisotopic (exact) mass is 341 g/mol. The van der Waals surface area contributed by atoms with Crippen LogP contribution in [-0.2, 0) is 4.79 Å². The summed E-state index contributed by atoms with van der Waals surface area (Å²) in [6, 6.07) is 13.7. The molecule has 4 nitrogen and oxygen atoms in total. The van der Waals surface area contributed by atoms with E-state index in [1.54, 1.807) is 0 Å². The normalized spacial score (nSPS) is 11.7. The maximum atomic E-state index is 12.3. The first-order valence-corrected chi connectivity index (χ1v) is 8.71. The first-order chi connectivity index (χ1) is 12.0. The summed E-state index contributed by atoms with van der Waals surface area (Å²) >= 11 is 0. The Hall–Kier alpha value is -2.49. The third-order valence-electron chi connectivity index (χ3n) is 4.18. The number of aryl methyl sites for hydroxylation is 2. The lowest BCUT2D eigenvalue weighted by Crippen LogP contribution is -2.39. The molecule has 0 aliphatic heterocycles. The molecule has 0 aliphatic carbocycles. The molecule has 134 valence electrons. The summed E-state index contributed by atoms with van der Waals surface area (Å²) in [5, 5.41) is 2.88. The lowest BCUT2D eigenvalue weighted by molar-refractivity contribution is -0.128. The van der Waals surface area contributed by atoms with Crippen molar-refractivity contribution in [3.8, 4) is 11.5 Å². The topological polar surface area (TPSA) is 47.6 Å². The van der Waals surface area contributed by atoms with E-state index in [1.165, 1.54) is 5.56 Å². The van der Waals surface area contributed by atoms with Gasteiger partial charge in [-0.25, -0.2) is 0 Å². The van der Waals surface area contributed by atoms with E-state index >= 15 is 0 Å². The number of hydrogen-bond acceptors (Lipinski definition) is 3. The van der Waals surface area contributed by atoms with Gasteiger partial charge in [-0.2, -0.15) is 0 Å². The Labute approximate surface area is 150 Å². The second kappa shape index (κ2) is 9.11. The van der Waals surface area contributed by atoms with Gasteiger partial charge in [0.15, 0.2) is 6.10 Å². The van der Waals surface area contributed by atoms with Crippen molar-refractivity contribution < 1.29 is 14.3 Å². The number of hydrogen-bond donors (Lipinski definition) is 1. The second-order valence-corrected chi connectivity index (χ2v) is 6.17. The van der Waals surface area contributed by atoms with E-state index < -0.39 is 6.10 Å². The summed E-state index contributed by atoms with van der Waals surface area (Å²) in [5.41, 5.74) is 3.41. The molecule has 1 N–H and O–H groups in total. The fourth-order valence-electron chi connectivity index (χ4n) is 2.42. The number of carbonyl (C=O) groups is 1. The number of amides is 1. The SMILES string of the molecule is CC[C@@H](Oc1cccc(C)c1C)C(=O)NCCOc1ccc(C)cc1. The quantitative estimate of drug-likeness (QED) is 0.739. The molecular formula is C21H27NO3. The Balaban J connectivity index is 1.81. The third kappa shape index (κ3) is 5.52. The Morgan fingerprint density at radius 3 is 2.48 bits per heavy atom. The van der Waals surface area contributed by atoms with Gasteiger partial charge in [-0.05, 0) is 56.5 Å². The lowest BCUT2D eigenvalue weighted by atomic mass is 10.1. The van der Waals surface area contributed by atoms with Crippen LogP contribution in [0.25, 0.3) is 0 Å². The van der Waals surface area contributed by atoms with Crippen LogP contribution in [0.2, 0.25) is 0 Å². The molecule has 0 unspecified atom stereocenters. The van der Waals surface area contributed by atoms with Crippen LogP contribution < -0.4 is 14.8 Å². The van der Waals surface area contributed by atoms with Crippen molar-refractivity contribution in [3.05, 3.63) is 59.2 Å². The fourth-order valence-corrected chi connectivity index (χ4v) is 2.42. The highest BCUT2D eigenvalue weighted by molar-refractivity contribution is 5.81. The summed E-state index contributed by atoms with van der Waals surface area (Å²) in [5.74, 6) is 1.45. The molecule has 2 rings (SSSR count). The first kappa shape index (κ1) is 18.8. The molecule has 4 heteroatoms. The molecule has 0 bridgehead atoms. The van der Waals surface area contributed by atoms with Gasteiger partial charge < -0.3 is 14.8 Å². The third-order valence-corrected chi connectivity index (χ3v) is 4.18. The Kier molecular flexibility index (Phi) is 6.87. The van der Waals surface area contributed by atoms with Gasteiger partial charge in [-0.1, -0.05) is 36.8 Å². The van der Waals surface area contributed by atoms with E-state index in [-0.39, 0.29) is 5.91 Å². The summed E-state index contributed by atoms with van der Waals surface area (Å²) in [6.45, 7) is 8.88. The van der Waals surface area contributed by atoms with Gasteiger partial charge in [0.2, 0.25) is 0 Å². The molecule has 2 aromatic rings. The van der Waals surface area contributed by atoms with Crippen molar-refractivity contribution in [2.24, 2.45) is 0 Å². The summed E-state index contributed by atoms with van der Waals surface area (Å²) < 4.78 is 11.5. The number of nitrogens with one attached hydrogen (secondary N) is 1. The van der Waals surface area contributed by atoms with E-state index in [1.807, 2.05) is 70.2 Å². The highest BCUT2D eigenvalue weighted by atomic mass is 16.5. The van der Waals surface area contributed by atoms with Crippen molar-refractivity contribution in [1.29, 1.82) is 0 Å². The Bertz CT molecular complexity index is 695. The van der Waals surface area contributed by atoms with Crippen LogP contribution in [0, 0.1) is 20.8 Å². The van der Waals surface area contributed by atoms with E-state index in [4.69, 9.17) is 9.47 Å². The van der Waals surface area contributed by atoms with Gasteiger partial charge in [-0.15, -0.1) is 0 Å². The van der Waals surface area contributed by atoms with Gasteiger partial charge >= 0.3 is 0 Å². The van der Waals surface area contributed by atoms with E-state index in [0.717, 1.165) is 22.6 Å². The summed E-state index contributed by atoms with van der Waals surface area (Å²) in [7, 11) is 0. The average molecular weight is 341 g/mol. The van der Waals surface area contributed by atoms with Gasteiger partial charge in [0.05, 0.1) is 6.54 Å². The largest absolute Gasteiger partial charge is 0.492 e. The van der Waals surface area contributed by atoms with Crippen molar-refractivity contribution >= 4 is 5.91 Å². The zero-order valence-electron chi connectivity index (χ0n) is 15.5. The van der Waals surface area contributed by atoms with Crippen molar-refractivity contribution in [2.75, 3.05) is 13.2 Å². The Morgan fingerprint density at radius 1 is 1.08 bits per heavy atom. The Morgan fingerprint density at radius 2 is 1.80 bits per heavy atom. The molecule has 0 aliphatic rings. The predicted octanol–water partition coefficient (Wildman–Crippen LogP) is 3.96. The molecule has 1 atom stereocenters. The molecule has 1 amide bonds.